The molecule has 0 bridgehead atoms. The maximum absolute atomic E-state index is 13.1. The van der Waals surface area contributed by atoms with Crippen molar-refractivity contribution >= 4 is 11.7 Å². The minimum Gasteiger partial charge on any atom is -0.362 e. The molecule has 1 fully saturated rings. The van der Waals surface area contributed by atoms with Crippen LogP contribution in [0.1, 0.15) is 30.5 Å². The third-order valence-corrected chi connectivity index (χ3v) is 5.60. The largest absolute Gasteiger partial charge is 0.362 e. The number of carbonyl (C=O) groups excluding carboxylic acids is 1. The second-order valence-corrected chi connectivity index (χ2v) is 7.79. The van der Waals surface area contributed by atoms with E-state index in [1.807, 2.05) is 42.1 Å². The smallest absolute Gasteiger partial charge is 0.226 e. The van der Waals surface area contributed by atoms with Crippen molar-refractivity contribution in [2.75, 3.05) is 38.6 Å². The van der Waals surface area contributed by atoms with Crippen LogP contribution in [0.25, 0.3) is 11.5 Å². The number of hydrogen-bond acceptors (Lipinski definition) is 6. The van der Waals surface area contributed by atoms with Crippen LogP contribution in [0.5, 0.6) is 0 Å². The van der Waals surface area contributed by atoms with Gasteiger partial charge in [-0.25, -0.2) is 9.97 Å². The van der Waals surface area contributed by atoms with Gasteiger partial charge in [-0.3, -0.25) is 9.78 Å². The van der Waals surface area contributed by atoms with Crippen molar-refractivity contribution in [3.63, 3.8) is 0 Å². The fourth-order valence-corrected chi connectivity index (χ4v) is 4.10. The lowest BCUT2D eigenvalue weighted by atomic mass is 9.97. The average molecular weight is 380 g/mol. The fourth-order valence-electron chi connectivity index (χ4n) is 4.10. The topological polar surface area (TPSA) is 74.2 Å². The monoisotopic (exact) mass is 380 g/mol. The fraction of sp³-hybridized carbons (Fsp3) is 0.524. The maximum atomic E-state index is 13.1. The van der Waals surface area contributed by atoms with Gasteiger partial charge in [-0.05, 0) is 50.9 Å². The van der Waals surface area contributed by atoms with E-state index in [1.54, 1.807) is 6.20 Å². The van der Waals surface area contributed by atoms with Gasteiger partial charge in [0.1, 0.15) is 11.5 Å². The lowest BCUT2D eigenvalue weighted by molar-refractivity contribution is -0.136. The Morgan fingerprint density at radius 1 is 1.21 bits per heavy atom. The van der Waals surface area contributed by atoms with Gasteiger partial charge < -0.3 is 15.1 Å². The molecule has 7 nitrogen and oxygen atoms in total. The number of nitrogens with one attached hydrogen (secondary N) is 1. The summed E-state index contributed by atoms with van der Waals surface area (Å²) in [6, 6.07) is 5.75. The lowest BCUT2D eigenvalue weighted by Crippen LogP contribution is -2.41. The zero-order chi connectivity index (χ0) is 19.5. The molecule has 1 atom stereocenters. The third kappa shape index (κ3) is 3.85. The van der Waals surface area contributed by atoms with Crippen LogP contribution in [0, 0.1) is 5.92 Å². The van der Waals surface area contributed by atoms with Crippen molar-refractivity contribution in [3.05, 3.63) is 35.7 Å². The molecule has 0 aliphatic carbocycles. The maximum Gasteiger partial charge on any atom is 0.226 e. The predicted molar refractivity (Wildman–Crippen MR) is 109 cm³/mol. The quantitative estimate of drug-likeness (QED) is 0.876. The number of hydrogen-bond donors (Lipinski definition) is 1. The molecule has 0 unspecified atom stereocenters. The van der Waals surface area contributed by atoms with Gasteiger partial charge in [0.2, 0.25) is 5.91 Å². The van der Waals surface area contributed by atoms with E-state index in [1.165, 1.54) is 0 Å². The predicted octanol–water partition coefficient (Wildman–Crippen LogP) is 1.88. The molecule has 1 saturated heterocycles. The van der Waals surface area contributed by atoms with Gasteiger partial charge in [0, 0.05) is 38.3 Å². The molecule has 0 radical (unpaired) electrons. The summed E-state index contributed by atoms with van der Waals surface area (Å²) in [6.45, 7) is 3.24. The van der Waals surface area contributed by atoms with Gasteiger partial charge in [-0.2, -0.15) is 0 Å². The van der Waals surface area contributed by atoms with Gasteiger partial charge in [0.25, 0.3) is 0 Å². The van der Waals surface area contributed by atoms with Crippen molar-refractivity contribution in [3.8, 4) is 11.5 Å². The van der Waals surface area contributed by atoms with Crippen LogP contribution >= 0.6 is 0 Å². The number of pyridine rings is 1. The second-order valence-electron chi connectivity index (χ2n) is 7.79. The highest BCUT2D eigenvalue weighted by Crippen LogP contribution is 2.29. The molecule has 148 valence electrons. The summed E-state index contributed by atoms with van der Waals surface area (Å²) in [6.07, 6.45) is 5.51. The van der Waals surface area contributed by atoms with Gasteiger partial charge in [-0.15, -0.1) is 0 Å². The Morgan fingerprint density at radius 3 is 2.89 bits per heavy atom. The summed E-state index contributed by atoms with van der Waals surface area (Å²) in [7, 11) is 4.00. The first-order valence-electron chi connectivity index (χ1n) is 10.1. The molecule has 1 amide bonds. The first-order valence-corrected chi connectivity index (χ1v) is 10.1. The molecular weight excluding hydrogens is 352 g/mol. The zero-order valence-corrected chi connectivity index (χ0v) is 16.7. The Balaban J connectivity index is 1.63. The van der Waals surface area contributed by atoms with Crippen molar-refractivity contribution in [1.82, 2.24) is 25.2 Å². The Kier molecular flexibility index (Phi) is 5.52. The standard InChI is InChI=1S/C21H28N6O/c1-26(2)20-16-9-13-27(21(28)15-6-5-10-22-12-8-15)14-18(16)24-19(25-20)17-7-3-4-11-23-17/h3-4,7,11,15,22H,5-6,8-10,12-14H2,1-2H3/t15-/m1/s1. The molecule has 2 aromatic rings. The number of nitrogens with zero attached hydrogens (tertiary/aromatic N) is 5. The highest BCUT2D eigenvalue weighted by molar-refractivity contribution is 5.79. The molecule has 2 aliphatic heterocycles. The van der Waals surface area contributed by atoms with Crippen molar-refractivity contribution in [1.29, 1.82) is 0 Å². The number of aromatic nitrogens is 3. The molecule has 4 rings (SSSR count). The molecule has 2 aliphatic rings. The molecule has 1 N–H and O–H groups in total. The van der Waals surface area contributed by atoms with Gasteiger partial charge >= 0.3 is 0 Å². The Hall–Kier alpha value is -2.54. The van der Waals surface area contributed by atoms with Crippen LogP contribution in [0.2, 0.25) is 0 Å². The van der Waals surface area contributed by atoms with Crippen LogP contribution in [-0.2, 0) is 17.8 Å². The highest BCUT2D eigenvalue weighted by Gasteiger charge is 2.30. The summed E-state index contributed by atoms with van der Waals surface area (Å²) < 4.78 is 0. The number of amides is 1. The molecule has 28 heavy (non-hydrogen) atoms. The van der Waals surface area contributed by atoms with Gasteiger partial charge in [0.15, 0.2) is 5.82 Å². The van der Waals surface area contributed by atoms with E-state index >= 15 is 0 Å². The van der Waals surface area contributed by atoms with Crippen molar-refractivity contribution < 1.29 is 4.79 Å². The van der Waals surface area contributed by atoms with Gasteiger partial charge in [-0.1, -0.05) is 6.07 Å². The molecule has 7 heteroatoms. The van der Waals surface area contributed by atoms with E-state index in [-0.39, 0.29) is 11.8 Å². The Bertz CT molecular complexity index is 830. The van der Waals surface area contributed by atoms with E-state index in [4.69, 9.17) is 9.97 Å². The Labute approximate surface area is 166 Å². The number of anilines is 1. The highest BCUT2D eigenvalue weighted by atomic mass is 16.2. The molecule has 2 aromatic heterocycles. The van der Waals surface area contributed by atoms with Crippen LogP contribution in [0.15, 0.2) is 24.4 Å². The summed E-state index contributed by atoms with van der Waals surface area (Å²) in [5, 5.41) is 3.39. The third-order valence-electron chi connectivity index (χ3n) is 5.60. The average Bonchev–Trinajstić information content (AvgIpc) is 3.02. The van der Waals surface area contributed by atoms with E-state index in [9.17, 15) is 4.79 Å². The SMILES string of the molecule is CN(C)c1nc(-c2ccccn2)nc2c1CCN(C(=O)[C@@H]1CCCNCC1)C2. The second kappa shape index (κ2) is 8.22. The van der Waals surface area contributed by atoms with Crippen LogP contribution in [-0.4, -0.2) is 59.5 Å². The summed E-state index contributed by atoms with van der Waals surface area (Å²) in [5.41, 5.74) is 2.86. The van der Waals surface area contributed by atoms with E-state index in [0.717, 1.165) is 68.1 Å². The lowest BCUT2D eigenvalue weighted by Gasteiger charge is -2.32. The first-order chi connectivity index (χ1) is 13.6. The van der Waals surface area contributed by atoms with Crippen molar-refractivity contribution in [2.45, 2.75) is 32.2 Å². The Morgan fingerprint density at radius 2 is 2.11 bits per heavy atom. The molecular formula is C21H28N6O. The summed E-state index contributed by atoms with van der Waals surface area (Å²) in [4.78, 5) is 31.1. The number of rotatable bonds is 3. The van der Waals surface area contributed by atoms with Crippen LogP contribution in [0.3, 0.4) is 0 Å². The molecule has 0 spiro atoms. The van der Waals surface area contributed by atoms with E-state index in [2.05, 4.69) is 10.3 Å². The number of fused-ring (bicyclic) bond motifs is 1. The van der Waals surface area contributed by atoms with Crippen molar-refractivity contribution in [2.24, 2.45) is 5.92 Å². The summed E-state index contributed by atoms with van der Waals surface area (Å²) >= 11 is 0. The minimum absolute atomic E-state index is 0.127. The van der Waals surface area contributed by atoms with E-state index < -0.39 is 0 Å². The van der Waals surface area contributed by atoms with Crippen LogP contribution in [0.4, 0.5) is 5.82 Å². The van der Waals surface area contributed by atoms with Gasteiger partial charge in [0.05, 0.1) is 12.2 Å². The molecule has 0 aromatic carbocycles. The minimum atomic E-state index is 0.127. The summed E-state index contributed by atoms with van der Waals surface area (Å²) in [5.74, 6) is 1.95. The van der Waals surface area contributed by atoms with E-state index in [0.29, 0.717) is 12.4 Å². The first kappa shape index (κ1) is 18.8. The zero-order valence-electron chi connectivity index (χ0n) is 16.7. The molecule has 4 heterocycles. The molecule has 0 saturated carbocycles. The normalized spacial score (nSPS) is 19.6. The van der Waals surface area contributed by atoms with Crippen LogP contribution < -0.4 is 10.2 Å². The number of carbonyl (C=O) groups is 1.